The molecule has 2 saturated heterocycles. The zero-order valence-electron chi connectivity index (χ0n) is 22.7. The molecule has 0 bridgehead atoms. The van der Waals surface area contributed by atoms with Gasteiger partial charge in [-0.1, -0.05) is 0 Å². The summed E-state index contributed by atoms with van der Waals surface area (Å²) >= 11 is 0. The lowest BCUT2D eigenvalue weighted by Crippen LogP contribution is -2.56. The number of hydrogen-bond acceptors (Lipinski definition) is 8. The van der Waals surface area contributed by atoms with E-state index < -0.39 is 0 Å². The van der Waals surface area contributed by atoms with Crippen LogP contribution in [-0.4, -0.2) is 105 Å². The zero-order chi connectivity index (χ0) is 26.6. The van der Waals surface area contributed by atoms with Gasteiger partial charge in [-0.25, -0.2) is 4.98 Å². The molecule has 0 spiro atoms. The molecule has 0 radical (unpaired) electrons. The topological polar surface area (TPSA) is 93.3 Å². The lowest BCUT2D eigenvalue weighted by molar-refractivity contribution is -0.119. The molecular formula is C28H39N7O3. The molecule has 38 heavy (non-hydrogen) atoms. The maximum atomic E-state index is 12.9. The number of fused-ring (bicyclic) bond motifs is 1. The average molecular weight is 522 g/mol. The van der Waals surface area contributed by atoms with E-state index in [4.69, 9.17) is 9.72 Å². The molecule has 0 saturated carbocycles. The maximum absolute atomic E-state index is 12.9. The van der Waals surface area contributed by atoms with Gasteiger partial charge in [0.1, 0.15) is 11.9 Å². The molecule has 1 aromatic heterocycles. The second kappa shape index (κ2) is 11.7. The molecule has 10 nitrogen and oxygen atoms in total. The van der Waals surface area contributed by atoms with Crippen molar-refractivity contribution in [1.29, 1.82) is 0 Å². The van der Waals surface area contributed by atoms with Crippen molar-refractivity contribution < 1.29 is 14.3 Å². The Kier molecular flexibility index (Phi) is 8.11. The van der Waals surface area contributed by atoms with Crippen LogP contribution in [-0.2, 0) is 9.53 Å². The van der Waals surface area contributed by atoms with Crippen LogP contribution < -0.4 is 20.4 Å². The lowest BCUT2D eigenvalue weighted by atomic mass is 10.0. The van der Waals surface area contributed by atoms with E-state index in [1.54, 1.807) is 4.90 Å². The van der Waals surface area contributed by atoms with Gasteiger partial charge in [-0.3, -0.25) is 14.5 Å². The van der Waals surface area contributed by atoms with E-state index >= 15 is 0 Å². The first-order valence-corrected chi connectivity index (χ1v) is 13.6. The largest absolute Gasteiger partial charge is 0.381 e. The maximum Gasteiger partial charge on any atom is 0.251 e. The Morgan fingerprint density at radius 3 is 2.45 bits per heavy atom. The van der Waals surface area contributed by atoms with Crippen LogP contribution in [0.5, 0.6) is 0 Å². The molecule has 0 unspecified atom stereocenters. The zero-order valence-corrected chi connectivity index (χ0v) is 22.7. The minimum Gasteiger partial charge on any atom is -0.381 e. The molecule has 2 amide bonds. The molecule has 1 atom stereocenters. The summed E-state index contributed by atoms with van der Waals surface area (Å²) in [5, 5.41) is 6.40. The van der Waals surface area contributed by atoms with E-state index in [0.717, 1.165) is 62.8 Å². The smallest absolute Gasteiger partial charge is 0.251 e. The van der Waals surface area contributed by atoms with Crippen LogP contribution in [0, 0.1) is 0 Å². The highest BCUT2D eigenvalue weighted by Gasteiger charge is 2.39. The second-order valence-corrected chi connectivity index (χ2v) is 10.5. The van der Waals surface area contributed by atoms with Crippen molar-refractivity contribution in [2.75, 3.05) is 81.7 Å². The summed E-state index contributed by atoms with van der Waals surface area (Å²) in [5.74, 6) is 1.52. The van der Waals surface area contributed by atoms with Crippen LogP contribution in [0.15, 0.2) is 36.4 Å². The van der Waals surface area contributed by atoms with Gasteiger partial charge in [0.15, 0.2) is 5.82 Å². The molecule has 5 rings (SSSR count). The number of benzene rings is 1. The van der Waals surface area contributed by atoms with Crippen molar-refractivity contribution in [3.05, 3.63) is 42.0 Å². The number of pyridine rings is 1. The van der Waals surface area contributed by atoms with Crippen molar-refractivity contribution in [1.82, 2.24) is 20.1 Å². The predicted molar refractivity (Wildman–Crippen MR) is 149 cm³/mol. The number of amides is 2. The van der Waals surface area contributed by atoms with Gasteiger partial charge in [-0.05, 0) is 63.2 Å². The van der Waals surface area contributed by atoms with E-state index in [9.17, 15) is 9.59 Å². The Bertz CT molecular complexity index is 1130. The monoisotopic (exact) mass is 521 g/mol. The lowest BCUT2D eigenvalue weighted by Gasteiger charge is -2.44. The van der Waals surface area contributed by atoms with Crippen molar-refractivity contribution in [3.8, 4) is 0 Å². The van der Waals surface area contributed by atoms with Gasteiger partial charge in [0.05, 0.1) is 5.69 Å². The number of anilines is 4. The number of hydrogen-bond donors (Lipinski definition) is 2. The second-order valence-electron chi connectivity index (χ2n) is 10.5. The van der Waals surface area contributed by atoms with Crippen LogP contribution in [0.1, 0.15) is 30.1 Å². The fraction of sp³-hybridized carbons (Fsp3) is 0.536. The fourth-order valence-electron chi connectivity index (χ4n) is 5.47. The molecule has 1 aromatic carbocycles. The molecule has 2 fully saturated rings. The summed E-state index contributed by atoms with van der Waals surface area (Å²) in [6.07, 6.45) is 1.75. The SMILES string of the molecule is C[C@@H]1C(=O)N(C)c2ccc(Nc3ccc(C(=O)NCCN4CCN(C)CC4)cc3)nc2N1C1CCOCC1. The number of nitrogens with zero attached hydrogens (tertiary/aromatic N) is 5. The number of rotatable bonds is 7. The Labute approximate surface area is 224 Å². The average Bonchev–Trinajstić information content (AvgIpc) is 2.94. The number of carbonyl (C=O) groups excluding carboxylic acids is 2. The Morgan fingerprint density at radius 1 is 1.03 bits per heavy atom. The van der Waals surface area contributed by atoms with Gasteiger partial charge in [-0.2, -0.15) is 0 Å². The van der Waals surface area contributed by atoms with Crippen LogP contribution in [0.3, 0.4) is 0 Å². The first-order valence-electron chi connectivity index (χ1n) is 13.6. The molecular weight excluding hydrogens is 482 g/mol. The van der Waals surface area contributed by atoms with Crippen LogP contribution >= 0.6 is 0 Å². The summed E-state index contributed by atoms with van der Waals surface area (Å²) in [6, 6.07) is 11.2. The summed E-state index contributed by atoms with van der Waals surface area (Å²) in [7, 11) is 3.95. The fourth-order valence-corrected chi connectivity index (χ4v) is 5.47. The van der Waals surface area contributed by atoms with E-state index in [0.29, 0.717) is 31.1 Å². The quantitative estimate of drug-likeness (QED) is 0.573. The van der Waals surface area contributed by atoms with Crippen molar-refractivity contribution in [2.45, 2.75) is 31.8 Å². The summed E-state index contributed by atoms with van der Waals surface area (Å²) in [6.45, 7) is 9.08. The van der Waals surface area contributed by atoms with Crippen LogP contribution in [0.2, 0.25) is 0 Å². The van der Waals surface area contributed by atoms with Crippen molar-refractivity contribution >= 4 is 34.8 Å². The van der Waals surface area contributed by atoms with Gasteiger partial charge in [-0.15, -0.1) is 0 Å². The third kappa shape index (κ3) is 5.77. The molecule has 204 valence electrons. The number of piperazine rings is 1. The highest BCUT2D eigenvalue weighted by molar-refractivity contribution is 6.04. The normalized spacial score (nSPS) is 21.3. The number of carbonyl (C=O) groups is 2. The number of nitrogens with one attached hydrogen (secondary N) is 2. The Morgan fingerprint density at radius 2 is 1.74 bits per heavy atom. The predicted octanol–water partition coefficient (Wildman–Crippen LogP) is 2.15. The van der Waals surface area contributed by atoms with Crippen LogP contribution in [0.25, 0.3) is 0 Å². The van der Waals surface area contributed by atoms with E-state index in [2.05, 4.69) is 32.4 Å². The first-order chi connectivity index (χ1) is 18.4. The van der Waals surface area contributed by atoms with Crippen molar-refractivity contribution in [2.24, 2.45) is 0 Å². The molecule has 2 aromatic rings. The minimum absolute atomic E-state index is 0.0635. The van der Waals surface area contributed by atoms with E-state index in [1.165, 1.54) is 0 Å². The van der Waals surface area contributed by atoms with Gasteiger partial charge in [0.2, 0.25) is 5.91 Å². The molecule has 10 heteroatoms. The van der Waals surface area contributed by atoms with Gasteiger partial charge in [0, 0.05) is 76.8 Å². The molecule has 0 aliphatic carbocycles. The molecule has 3 aliphatic heterocycles. The minimum atomic E-state index is -0.285. The highest BCUT2D eigenvalue weighted by atomic mass is 16.5. The number of likely N-dealkylation sites (N-methyl/N-ethyl adjacent to an activating group) is 2. The first kappa shape index (κ1) is 26.4. The van der Waals surface area contributed by atoms with Gasteiger partial charge < -0.3 is 30.1 Å². The van der Waals surface area contributed by atoms with E-state index in [1.807, 2.05) is 50.4 Å². The Balaban J connectivity index is 1.23. The summed E-state index contributed by atoms with van der Waals surface area (Å²) < 4.78 is 5.56. The number of ether oxygens (including phenoxy) is 1. The van der Waals surface area contributed by atoms with Gasteiger partial charge >= 0.3 is 0 Å². The summed E-state index contributed by atoms with van der Waals surface area (Å²) in [5.41, 5.74) is 2.29. The third-order valence-corrected chi connectivity index (χ3v) is 7.88. The highest BCUT2D eigenvalue weighted by Crippen LogP contribution is 2.38. The standard InChI is InChI=1S/C28H39N7O3/c1-20-28(37)33(3)24-8-9-25(31-26(24)35(20)23-10-18-38-19-11-23)30-22-6-4-21(5-7-22)27(36)29-12-13-34-16-14-32(2)15-17-34/h4-9,20,23H,10-19H2,1-3H3,(H,29,36)(H,30,31)/t20-/m1/s1. The number of aromatic nitrogens is 1. The van der Waals surface area contributed by atoms with Crippen molar-refractivity contribution in [3.63, 3.8) is 0 Å². The van der Waals surface area contributed by atoms with E-state index in [-0.39, 0.29) is 23.9 Å². The Hall–Kier alpha value is -3.21. The molecule has 2 N–H and O–H groups in total. The molecule has 4 heterocycles. The van der Waals surface area contributed by atoms with Crippen LogP contribution in [0.4, 0.5) is 23.0 Å². The molecule has 3 aliphatic rings. The van der Waals surface area contributed by atoms with Gasteiger partial charge in [0.25, 0.3) is 5.91 Å². The third-order valence-electron chi connectivity index (χ3n) is 7.88. The summed E-state index contributed by atoms with van der Waals surface area (Å²) in [4.78, 5) is 39.1.